The molecule has 0 aliphatic carbocycles. The van der Waals surface area contributed by atoms with Gasteiger partial charge in [-0.25, -0.2) is 8.42 Å². The zero-order chi connectivity index (χ0) is 17.3. The van der Waals surface area contributed by atoms with E-state index in [4.69, 9.17) is 0 Å². The van der Waals surface area contributed by atoms with Gasteiger partial charge in [0.25, 0.3) is 0 Å². The Morgan fingerprint density at radius 3 is 2.62 bits per heavy atom. The molecule has 0 unspecified atom stereocenters. The Kier molecular flexibility index (Phi) is 4.97. The van der Waals surface area contributed by atoms with Crippen LogP contribution in [0.5, 0.6) is 0 Å². The molecule has 24 heavy (non-hydrogen) atoms. The molecular formula is C18H26N2O3S. The lowest BCUT2D eigenvalue weighted by atomic mass is 9.87. The lowest BCUT2D eigenvalue weighted by Gasteiger charge is -2.31. The molecule has 0 spiro atoms. The second kappa shape index (κ2) is 6.84. The first kappa shape index (κ1) is 17.4. The first-order valence-corrected chi connectivity index (χ1v) is 10.4. The Hall–Kier alpha value is -1.40. The fraction of sp³-hybridized carbons (Fsp3) is 0.611. The van der Waals surface area contributed by atoms with E-state index in [0.717, 1.165) is 12.2 Å². The number of hydrogen-bond donors (Lipinski definition) is 1. The first-order chi connectivity index (χ1) is 11.4. The third-order valence-corrected chi connectivity index (χ3v) is 7.30. The van der Waals surface area contributed by atoms with Crippen molar-refractivity contribution >= 4 is 21.4 Å². The van der Waals surface area contributed by atoms with Crippen LogP contribution in [0, 0.1) is 17.8 Å². The molecule has 2 aliphatic rings. The average Bonchev–Trinajstić information content (AvgIpc) is 2.92. The van der Waals surface area contributed by atoms with E-state index in [9.17, 15) is 13.2 Å². The van der Waals surface area contributed by atoms with Crippen molar-refractivity contribution in [2.45, 2.75) is 25.5 Å². The fourth-order valence-corrected chi connectivity index (χ4v) is 6.18. The highest BCUT2D eigenvalue weighted by Crippen LogP contribution is 2.37. The van der Waals surface area contributed by atoms with Crippen molar-refractivity contribution in [1.82, 2.24) is 4.90 Å². The number of rotatable bonds is 4. The molecule has 2 aliphatic heterocycles. The molecule has 6 heteroatoms. The summed E-state index contributed by atoms with van der Waals surface area (Å²) in [6.07, 6.45) is 0.428. The maximum absolute atomic E-state index is 12.7. The molecule has 2 fully saturated rings. The van der Waals surface area contributed by atoms with E-state index >= 15 is 0 Å². The molecule has 1 aromatic carbocycles. The minimum absolute atomic E-state index is 0.0440. The summed E-state index contributed by atoms with van der Waals surface area (Å²) in [6, 6.07) is 9.37. The van der Waals surface area contributed by atoms with Gasteiger partial charge in [0, 0.05) is 37.2 Å². The summed E-state index contributed by atoms with van der Waals surface area (Å²) in [5.74, 6) is 0.250. The van der Waals surface area contributed by atoms with Crippen LogP contribution >= 0.6 is 0 Å². The number of carbonyl (C=O) groups is 1. The van der Waals surface area contributed by atoms with Gasteiger partial charge in [0.2, 0.25) is 5.91 Å². The zero-order valence-electron chi connectivity index (χ0n) is 14.3. The number of sulfone groups is 1. The van der Waals surface area contributed by atoms with E-state index < -0.39 is 15.1 Å². The highest BCUT2D eigenvalue weighted by molar-refractivity contribution is 7.92. The molecule has 0 aromatic heterocycles. The predicted molar refractivity (Wildman–Crippen MR) is 95.5 cm³/mol. The standard InChI is InChI=1S/C18H26N2O3S/c1-13(2)10-20-11-16-15(8-9-24(22,23)17(16)12-20)18(21)19-14-6-4-3-5-7-14/h3-7,13,15-17H,8-12H2,1-2H3,(H,19,21)/t15-,16-,17-/m0/s1. The highest BCUT2D eigenvalue weighted by atomic mass is 32.2. The minimum atomic E-state index is -3.09. The summed E-state index contributed by atoms with van der Waals surface area (Å²) >= 11 is 0. The van der Waals surface area contributed by atoms with Gasteiger partial charge < -0.3 is 10.2 Å². The van der Waals surface area contributed by atoms with Gasteiger partial charge in [-0.3, -0.25) is 4.79 Å². The van der Waals surface area contributed by atoms with Crippen LogP contribution < -0.4 is 5.32 Å². The summed E-state index contributed by atoms with van der Waals surface area (Å²) in [5, 5.41) is 2.56. The SMILES string of the molecule is CC(C)CN1C[C@H]2[C@@H](C(=O)Nc3ccccc3)CCS(=O)(=O)[C@H]2C1. The van der Waals surface area contributed by atoms with Crippen LogP contribution in [0.4, 0.5) is 5.69 Å². The molecule has 0 radical (unpaired) electrons. The molecule has 132 valence electrons. The fourth-order valence-electron chi connectivity index (χ4n) is 4.05. The number of amides is 1. The molecule has 2 saturated heterocycles. The summed E-state index contributed by atoms with van der Waals surface area (Å²) in [4.78, 5) is 14.9. The number of para-hydroxylation sites is 1. The first-order valence-electron chi connectivity index (χ1n) is 8.66. The van der Waals surface area contributed by atoms with Gasteiger partial charge in [0.15, 0.2) is 9.84 Å². The Morgan fingerprint density at radius 1 is 1.25 bits per heavy atom. The zero-order valence-corrected chi connectivity index (χ0v) is 15.1. The molecular weight excluding hydrogens is 324 g/mol. The molecule has 1 amide bonds. The summed E-state index contributed by atoms with van der Waals surface area (Å²) in [7, 11) is -3.09. The van der Waals surface area contributed by atoms with Crippen molar-refractivity contribution in [3.05, 3.63) is 30.3 Å². The Balaban J connectivity index is 1.76. The van der Waals surface area contributed by atoms with Crippen LogP contribution in [-0.2, 0) is 14.6 Å². The van der Waals surface area contributed by atoms with Gasteiger partial charge in [0.1, 0.15) is 0 Å². The average molecular weight is 350 g/mol. The normalized spacial score (nSPS) is 29.4. The van der Waals surface area contributed by atoms with Gasteiger partial charge in [0.05, 0.1) is 11.0 Å². The number of fused-ring (bicyclic) bond motifs is 1. The molecule has 1 aromatic rings. The molecule has 1 N–H and O–H groups in total. The van der Waals surface area contributed by atoms with E-state index in [-0.39, 0.29) is 23.5 Å². The lowest BCUT2D eigenvalue weighted by Crippen LogP contribution is -2.45. The maximum atomic E-state index is 12.7. The Morgan fingerprint density at radius 2 is 1.96 bits per heavy atom. The van der Waals surface area contributed by atoms with Crippen LogP contribution in [0.2, 0.25) is 0 Å². The molecule has 5 nitrogen and oxygen atoms in total. The van der Waals surface area contributed by atoms with E-state index in [0.29, 0.717) is 25.4 Å². The van der Waals surface area contributed by atoms with Crippen molar-refractivity contribution in [3.63, 3.8) is 0 Å². The van der Waals surface area contributed by atoms with E-state index in [1.807, 2.05) is 30.3 Å². The molecule has 2 heterocycles. The van der Waals surface area contributed by atoms with Crippen LogP contribution in [0.25, 0.3) is 0 Å². The smallest absolute Gasteiger partial charge is 0.227 e. The molecule has 0 saturated carbocycles. The van der Waals surface area contributed by atoms with Crippen LogP contribution in [0.15, 0.2) is 30.3 Å². The van der Waals surface area contributed by atoms with Crippen LogP contribution in [0.3, 0.4) is 0 Å². The van der Waals surface area contributed by atoms with Crippen molar-refractivity contribution in [3.8, 4) is 0 Å². The predicted octanol–water partition coefficient (Wildman–Crippen LogP) is 2.02. The molecule has 3 rings (SSSR count). The Labute approximate surface area is 144 Å². The monoisotopic (exact) mass is 350 g/mol. The molecule has 0 bridgehead atoms. The number of anilines is 1. The number of nitrogens with zero attached hydrogens (tertiary/aromatic N) is 1. The number of carbonyl (C=O) groups excluding carboxylic acids is 1. The largest absolute Gasteiger partial charge is 0.326 e. The third kappa shape index (κ3) is 3.64. The van der Waals surface area contributed by atoms with Gasteiger partial charge in [-0.2, -0.15) is 0 Å². The van der Waals surface area contributed by atoms with Crippen LogP contribution in [-0.4, -0.2) is 49.9 Å². The highest BCUT2D eigenvalue weighted by Gasteiger charge is 2.50. The summed E-state index contributed by atoms with van der Waals surface area (Å²) in [6.45, 7) is 6.43. The van der Waals surface area contributed by atoms with Crippen molar-refractivity contribution in [2.75, 3.05) is 30.7 Å². The van der Waals surface area contributed by atoms with Crippen molar-refractivity contribution in [1.29, 1.82) is 0 Å². The summed E-state index contributed by atoms with van der Waals surface area (Å²) in [5.41, 5.74) is 0.768. The van der Waals surface area contributed by atoms with Gasteiger partial charge in [-0.15, -0.1) is 0 Å². The number of benzene rings is 1. The minimum Gasteiger partial charge on any atom is -0.326 e. The third-order valence-electron chi connectivity index (χ3n) is 5.08. The molecule has 3 atom stereocenters. The topological polar surface area (TPSA) is 66.5 Å². The number of likely N-dealkylation sites (tertiary alicyclic amines) is 1. The van der Waals surface area contributed by atoms with Crippen molar-refractivity contribution in [2.24, 2.45) is 17.8 Å². The lowest BCUT2D eigenvalue weighted by molar-refractivity contribution is -0.121. The van der Waals surface area contributed by atoms with E-state index in [1.54, 1.807) is 0 Å². The van der Waals surface area contributed by atoms with E-state index in [2.05, 4.69) is 24.1 Å². The van der Waals surface area contributed by atoms with Crippen LogP contribution in [0.1, 0.15) is 20.3 Å². The van der Waals surface area contributed by atoms with Gasteiger partial charge in [-0.05, 0) is 24.5 Å². The maximum Gasteiger partial charge on any atom is 0.227 e. The van der Waals surface area contributed by atoms with Crippen molar-refractivity contribution < 1.29 is 13.2 Å². The Bertz CT molecular complexity index is 687. The quantitative estimate of drug-likeness (QED) is 0.902. The van der Waals surface area contributed by atoms with Gasteiger partial charge in [-0.1, -0.05) is 32.0 Å². The second-order valence-electron chi connectivity index (χ2n) is 7.43. The second-order valence-corrected chi connectivity index (χ2v) is 9.77. The van der Waals surface area contributed by atoms with E-state index in [1.165, 1.54) is 0 Å². The number of nitrogens with one attached hydrogen (secondary N) is 1. The number of hydrogen-bond acceptors (Lipinski definition) is 4. The van der Waals surface area contributed by atoms with Gasteiger partial charge >= 0.3 is 0 Å². The summed E-state index contributed by atoms with van der Waals surface area (Å²) < 4.78 is 24.9.